The molecule has 1 aliphatic rings. The zero-order chi connectivity index (χ0) is 19.9. The van der Waals surface area contributed by atoms with E-state index in [0.29, 0.717) is 17.9 Å². The van der Waals surface area contributed by atoms with Crippen molar-refractivity contribution < 1.29 is 28.6 Å². The lowest BCUT2D eigenvalue weighted by Gasteiger charge is -2.25. The number of rotatable bonds is 7. The molecule has 0 bridgehead atoms. The first-order valence-corrected chi connectivity index (χ1v) is 8.92. The molecule has 1 aliphatic heterocycles. The molecule has 1 N–H and O–H groups in total. The third kappa shape index (κ3) is 5.09. The lowest BCUT2D eigenvalue weighted by molar-refractivity contribution is -0.157. The van der Waals surface area contributed by atoms with E-state index in [4.69, 9.17) is 14.2 Å². The molecule has 1 amide bonds. The summed E-state index contributed by atoms with van der Waals surface area (Å²) in [5, 5.41) is 2.60. The molecule has 7 heteroatoms. The zero-order valence-electron chi connectivity index (χ0n) is 15.4. The van der Waals surface area contributed by atoms with E-state index in [9.17, 15) is 14.4 Å². The minimum atomic E-state index is -0.948. The van der Waals surface area contributed by atoms with Gasteiger partial charge in [0.15, 0.2) is 23.9 Å². The Morgan fingerprint density at radius 1 is 1.07 bits per heavy atom. The summed E-state index contributed by atoms with van der Waals surface area (Å²) in [5.41, 5.74) is 0.923. The first kappa shape index (κ1) is 19.4. The summed E-state index contributed by atoms with van der Waals surface area (Å²) in [5.74, 6) is -0.438. The molecule has 1 heterocycles. The molecule has 0 saturated carbocycles. The third-order valence-electron chi connectivity index (χ3n) is 4.23. The predicted molar refractivity (Wildman–Crippen MR) is 100 cm³/mol. The number of hydrogen-bond donors (Lipinski definition) is 1. The monoisotopic (exact) mass is 383 g/mol. The third-order valence-corrected chi connectivity index (χ3v) is 4.23. The second kappa shape index (κ2) is 9.03. The van der Waals surface area contributed by atoms with Crippen LogP contribution >= 0.6 is 0 Å². The summed E-state index contributed by atoms with van der Waals surface area (Å²) in [7, 11) is 0. The predicted octanol–water partition coefficient (Wildman–Crippen LogP) is 1.69. The Kier molecular flexibility index (Phi) is 6.26. The van der Waals surface area contributed by atoms with Gasteiger partial charge in [0.05, 0.1) is 6.04 Å². The Morgan fingerprint density at radius 3 is 2.46 bits per heavy atom. The van der Waals surface area contributed by atoms with Crippen molar-refractivity contribution in [3.8, 4) is 11.5 Å². The minimum Gasteiger partial charge on any atom is -0.485 e. The first-order valence-electron chi connectivity index (χ1n) is 8.92. The van der Waals surface area contributed by atoms with Crippen molar-refractivity contribution in [3.63, 3.8) is 0 Å². The van der Waals surface area contributed by atoms with E-state index in [0.717, 1.165) is 5.56 Å². The Labute approximate surface area is 162 Å². The van der Waals surface area contributed by atoms with Gasteiger partial charge in [-0.05, 0) is 31.0 Å². The van der Waals surface area contributed by atoms with Gasteiger partial charge in [-0.1, -0.05) is 42.5 Å². The first-order chi connectivity index (χ1) is 13.5. The van der Waals surface area contributed by atoms with Crippen LogP contribution < -0.4 is 14.8 Å². The average molecular weight is 383 g/mol. The Bertz CT molecular complexity index is 851. The quantitative estimate of drug-likeness (QED) is 0.732. The van der Waals surface area contributed by atoms with E-state index in [1.54, 1.807) is 24.3 Å². The van der Waals surface area contributed by atoms with Crippen LogP contribution in [0.2, 0.25) is 0 Å². The van der Waals surface area contributed by atoms with Crippen LogP contribution in [0.4, 0.5) is 0 Å². The summed E-state index contributed by atoms with van der Waals surface area (Å²) in [4.78, 5) is 36.1. The van der Waals surface area contributed by atoms with Crippen LogP contribution in [0.5, 0.6) is 11.5 Å². The maximum atomic E-state index is 12.1. The largest absolute Gasteiger partial charge is 0.485 e. The molecule has 0 saturated heterocycles. The van der Waals surface area contributed by atoms with Gasteiger partial charge in [-0.15, -0.1) is 0 Å². The standard InChI is InChI=1S/C21H21NO6/c1-14(23)16(11-15-7-3-2-4-8-15)22-20(24)13-27-21(25)19-12-26-17-9-5-6-10-18(17)28-19/h2-10,16,19H,11-13H2,1H3,(H,22,24)/t16-,19-/m0/s1. The number of ketones is 1. The molecule has 0 unspecified atom stereocenters. The molecule has 0 aromatic heterocycles. The van der Waals surface area contributed by atoms with E-state index in [2.05, 4.69) is 5.32 Å². The highest BCUT2D eigenvalue weighted by Crippen LogP contribution is 2.31. The van der Waals surface area contributed by atoms with Gasteiger partial charge in [0.1, 0.15) is 6.61 Å². The molecule has 0 aliphatic carbocycles. The SMILES string of the molecule is CC(=O)[C@H](Cc1ccccc1)NC(=O)COC(=O)[C@@H]1COc2ccccc2O1. The van der Waals surface area contributed by atoms with Crippen molar-refractivity contribution in [3.05, 3.63) is 60.2 Å². The van der Waals surface area contributed by atoms with E-state index < -0.39 is 30.6 Å². The van der Waals surface area contributed by atoms with Gasteiger partial charge < -0.3 is 19.5 Å². The number of carbonyl (C=O) groups is 3. The van der Waals surface area contributed by atoms with Crippen molar-refractivity contribution in [2.45, 2.75) is 25.5 Å². The number of ether oxygens (including phenoxy) is 3. The van der Waals surface area contributed by atoms with Gasteiger partial charge in [-0.25, -0.2) is 4.79 Å². The Balaban J connectivity index is 1.49. The highest BCUT2D eigenvalue weighted by molar-refractivity contribution is 5.89. The summed E-state index contributed by atoms with van der Waals surface area (Å²) < 4.78 is 16.0. The number of amides is 1. The van der Waals surface area contributed by atoms with Crippen LogP contribution in [0.15, 0.2) is 54.6 Å². The van der Waals surface area contributed by atoms with Crippen molar-refractivity contribution in [1.82, 2.24) is 5.32 Å². The minimum absolute atomic E-state index is 0.00153. The molecule has 0 radical (unpaired) electrons. The zero-order valence-corrected chi connectivity index (χ0v) is 15.4. The molecular formula is C21H21NO6. The van der Waals surface area contributed by atoms with Gasteiger partial charge in [-0.3, -0.25) is 9.59 Å². The number of hydrogen-bond acceptors (Lipinski definition) is 6. The molecule has 0 spiro atoms. The van der Waals surface area contributed by atoms with Crippen LogP contribution in [0.3, 0.4) is 0 Å². The maximum Gasteiger partial charge on any atom is 0.351 e. The second-order valence-electron chi connectivity index (χ2n) is 6.39. The topological polar surface area (TPSA) is 90.9 Å². The summed E-state index contributed by atoms with van der Waals surface area (Å²) in [6.07, 6.45) is -0.581. The Morgan fingerprint density at radius 2 is 1.75 bits per heavy atom. The number of benzene rings is 2. The molecule has 7 nitrogen and oxygen atoms in total. The van der Waals surface area contributed by atoms with Crippen LogP contribution in [0.25, 0.3) is 0 Å². The van der Waals surface area contributed by atoms with Crippen LogP contribution in [0.1, 0.15) is 12.5 Å². The highest BCUT2D eigenvalue weighted by Gasteiger charge is 2.29. The summed E-state index contributed by atoms with van der Waals surface area (Å²) >= 11 is 0. The lowest BCUT2D eigenvalue weighted by Crippen LogP contribution is -2.44. The van der Waals surface area contributed by atoms with Crippen molar-refractivity contribution in [2.24, 2.45) is 0 Å². The maximum absolute atomic E-state index is 12.1. The summed E-state index contributed by atoms with van der Waals surface area (Å²) in [6.45, 7) is 0.908. The molecule has 2 atom stereocenters. The molecular weight excluding hydrogens is 362 g/mol. The molecule has 0 fully saturated rings. The average Bonchev–Trinajstić information content (AvgIpc) is 2.72. The van der Waals surface area contributed by atoms with Crippen LogP contribution in [-0.4, -0.2) is 43.0 Å². The number of carbonyl (C=O) groups excluding carboxylic acids is 3. The molecule has 2 aromatic carbocycles. The van der Waals surface area contributed by atoms with Crippen molar-refractivity contribution in [1.29, 1.82) is 0 Å². The number of fused-ring (bicyclic) bond motifs is 1. The molecule has 3 rings (SSSR count). The van der Waals surface area contributed by atoms with Gasteiger partial charge >= 0.3 is 5.97 Å². The number of esters is 1. The van der Waals surface area contributed by atoms with Crippen molar-refractivity contribution >= 4 is 17.7 Å². The smallest absolute Gasteiger partial charge is 0.351 e. The van der Waals surface area contributed by atoms with E-state index in [1.165, 1.54) is 6.92 Å². The highest BCUT2D eigenvalue weighted by atomic mass is 16.6. The van der Waals surface area contributed by atoms with Gasteiger partial charge in [0.25, 0.3) is 5.91 Å². The van der Waals surface area contributed by atoms with Gasteiger partial charge in [0.2, 0.25) is 6.10 Å². The Hall–Kier alpha value is -3.35. The van der Waals surface area contributed by atoms with E-state index in [-0.39, 0.29) is 12.4 Å². The van der Waals surface area contributed by atoms with E-state index >= 15 is 0 Å². The van der Waals surface area contributed by atoms with Crippen molar-refractivity contribution in [2.75, 3.05) is 13.2 Å². The van der Waals surface area contributed by atoms with E-state index in [1.807, 2.05) is 30.3 Å². The fraction of sp³-hybridized carbons (Fsp3) is 0.286. The van der Waals surface area contributed by atoms with Gasteiger partial charge in [-0.2, -0.15) is 0 Å². The normalized spacial score (nSPS) is 16.0. The van der Waals surface area contributed by atoms with Crippen LogP contribution in [0, 0.1) is 0 Å². The summed E-state index contributed by atoms with van der Waals surface area (Å²) in [6, 6.07) is 15.6. The fourth-order valence-electron chi connectivity index (χ4n) is 2.75. The second-order valence-corrected chi connectivity index (χ2v) is 6.39. The number of Topliss-reactive ketones (excluding diaryl/α,β-unsaturated/α-hetero) is 1. The number of nitrogens with one attached hydrogen (secondary N) is 1. The lowest BCUT2D eigenvalue weighted by atomic mass is 10.0. The molecule has 28 heavy (non-hydrogen) atoms. The molecule has 146 valence electrons. The van der Waals surface area contributed by atoms with Crippen LogP contribution in [-0.2, 0) is 25.5 Å². The molecule has 2 aromatic rings. The fourth-order valence-corrected chi connectivity index (χ4v) is 2.75. The number of para-hydroxylation sites is 2. The van der Waals surface area contributed by atoms with Gasteiger partial charge in [0, 0.05) is 0 Å².